The molecular formula is C17H28OSi. The molecular weight excluding hydrogens is 248 g/mol. The van der Waals surface area contributed by atoms with Gasteiger partial charge in [0.15, 0.2) is 0 Å². The fourth-order valence-corrected chi connectivity index (χ4v) is 5.93. The van der Waals surface area contributed by atoms with Crippen molar-refractivity contribution in [3.8, 4) is 0 Å². The van der Waals surface area contributed by atoms with Crippen molar-refractivity contribution in [1.82, 2.24) is 0 Å². The summed E-state index contributed by atoms with van der Waals surface area (Å²) in [7, 11) is -1.70. The molecule has 0 unspecified atom stereocenters. The smallest absolute Gasteiger partial charge is 0.0901 e. The lowest BCUT2D eigenvalue weighted by Gasteiger charge is -2.34. The second-order valence-electron chi connectivity index (χ2n) is 5.91. The minimum absolute atomic E-state index is 0.228. The van der Waals surface area contributed by atoms with Gasteiger partial charge in [-0.1, -0.05) is 80.9 Å². The first-order valence-corrected chi connectivity index (χ1v) is 10.5. The molecule has 0 saturated carbocycles. The molecule has 0 amide bonds. The molecule has 0 aliphatic carbocycles. The van der Waals surface area contributed by atoms with Crippen molar-refractivity contribution in [3.63, 3.8) is 0 Å². The summed E-state index contributed by atoms with van der Waals surface area (Å²) < 4.78 is 0. The maximum Gasteiger partial charge on any atom is 0.0901 e. The molecule has 1 aromatic carbocycles. The number of unbranched alkanes of at least 4 members (excludes halogenated alkanes) is 2. The van der Waals surface area contributed by atoms with Crippen LogP contribution in [0.2, 0.25) is 18.6 Å². The normalized spacial score (nSPS) is 14.9. The Kier molecular flexibility index (Phi) is 6.53. The SMILES string of the molecule is C=C[C@H]([C@@H](O)CCCCC)[Si](C)(C)c1ccccc1. The molecule has 1 aromatic rings. The largest absolute Gasteiger partial charge is 0.393 e. The monoisotopic (exact) mass is 276 g/mol. The van der Waals surface area contributed by atoms with Crippen LogP contribution in [0.1, 0.15) is 32.6 Å². The second-order valence-corrected chi connectivity index (χ2v) is 10.6. The van der Waals surface area contributed by atoms with Gasteiger partial charge in [0.2, 0.25) is 0 Å². The van der Waals surface area contributed by atoms with E-state index in [2.05, 4.69) is 56.9 Å². The Hall–Kier alpha value is -0.863. The first kappa shape index (κ1) is 16.2. The summed E-state index contributed by atoms with van der Waals surface area (Å²) in [5, 5.41) is 11.9. The van der Waals surface area contributed by atoms with Gasteiger partial charge < -0.3 is 5.11 Å². The van der Waals surface area contributed by atoms with Crippen molar-refractivity contribution in [2.75, 3.05) is 0 Å². The van der Waals surface area contributed by atoms with E-state index in [9.17, 15) is 5.11 Å². The Morgan fingerprint density at radius 1 is 1.21 bits per heavy atom. The average Bonchev–Trinajstić information content (AvgIpc) is 2.40. The lowest BCUT2D eigenvalue weighted by molar-refractivity contribution is 0.162. The highest BCUT2D eigenvalue weighted by Gasteiger charge is 2.35. The number of hydrogen-bond acceptors (Lipinski definition) is 1. The molecule has 2 heteroatoms. The molecule has 0 aliphatic rings. The van der Waals surface area contributed by atoms with Crippen LogP contribution in [0.15, 0.2) is 43.0 Å². The Balaban J connectivity index is 2.80. The third-order valence-electron chi connectivity index (χ3n) is 4.12. The van der Waals surface area contributed by atoms with E-state index in [1.165, 1.54) is 18.0 Å². The lowest BCUT2D eigenvalue weighted by Crippen LogP contribution is -2.49. The number of rotatable bonds is 8. The van der Waals surface area contributed by atoms with E-state index < -0.39 is 8.07 Å². The molecule has 1 nitrogen and oxygen atoms in total. The van der Waals surface area contributed by atoms with Crippen molar-refractivity contribution >= 4 is 13.3 Å². The van der Waals surface area contributed by atoms with Crippen LogP contribution in [0, 0.1) is 0 Å². The van der Waals surface area contributed by atoms with Crippen molar-refractivity contribution in [3.05, 3.63) is 43.0 Å². The van der Waals surface area contributed by atoms with Gasteiger partial charge in [-0.2, -0.15) is 0 Å². The zero-order valence-corrected chi connectivity index (χ0v) is 13.6. The summed E-state index contributed by atoms with van der Waals surface area (Å²) in [6.07, 6.45) is 6.15. The minimum Gasteiger partial charge on any atom is -0.393 e. The molecule has 106 valence electrons. The van der Waals surface area contributed by atoms with Crippen LogP contribution in [-0.4, -0.2) is 19.3 Å². The molecule has 1 rings (SSSR count). The van der Waals surface area contributed by atoms with Crippen LogP contribution in [0.4, 0.5) is 0 Å². The quantitative estimate of drug-likeness (QED) is 0.430. The van der Waals surface area contributed by atoms with Crippen LogP contribution in [0.5, 0.6) is 0 Å². The molecule has 0 heterocycles. The van der Waals surface area contributed by atoms with Gasteiger partial charge in [-0.25, -0.2) is 0 Å². The van der Waals surface area contributed by atoms with E-state index in [4.69, 9.17) is 0 Å². The molecule has 1 N–H and O–H groups in total. The highest BCUT2D eigenvalue weighted by molar-refractivity contribution is 6.91. The van der Waals surface area contributed by atoms with E-state index in [1.807, 2.05) is 6.08 Å². The van der Waals surface area contributed by atoms with Gasteiger partial charge >= 0.3 is 0 Å². The predicted molar refractivity (Wildman–Crippen MR) is 87.7 cm³/mol. The van der Waals surface area contributed by atoms with Gasteiger partial charge in [0.25, 0.3) is 0 Å². The van der Waals surface area contributed by atoms with Crippen molar-refractivity contribution in [2.45, 2.75) is 57.3 Å². The van der Waals surface area contributed by atoms with E-state index in [1.54, 1.807) is 0 Å². The van der Waals surface area contributed by atoms with E-state index in [0.29, 0.717) is 0 Å². The number of aliphatic hydroxyl groups excluding tert-OH is 1. The highest BCUT2D eigenvalue weighted by atomic mass is 28.3. The molecule has 0 saturated heterocycles. The maximum absolute atomic E-state index is 10.5. The first-order valence-electron chi connectivity index (χ1n) is 7.40. The van der Waals surface area contributed by atoms with Crippen molar-refractivity contribution < 1.29 is 5.11 Å². The average molecular weight is 276 g/mol. The molecule has 0 aliphatic heterocycles. The van der Waals surface area contributed by atoms with Crippen LogP contribution in [0.3, 0.4) is 0 Å². The third kappa shape index (κ3) is 4.32. The zero-order valence-electron chi connectivity index (χ0n) is 12.6. The Bertz CT molecular complexity index is 372. The van der Waals surface area contributed by atoms with Crippen molar-refractivity contribution in [1.29, 1.82) is 0 Å². The van der Waals surface area contributed by atoms with Crippen LogP contribution >= 0.6 is 0 Å². The first-order chi connectivity index (χ1) is 9.04. The number of aliphatic hydroxyl groups is 1. The molecule has 2 atom stereocenters. The number of benzene rings is 1. The maximum atomic E-state index is 10.5. The van der Waals surface area contributed by atoms with Crippen molar-refractivity contribution in [2.24, 2.45) is 0 Å². The lowest BCUT2D eigenvalue weighted by atomic mass is 10.1. The zero-order chi connectivity index (χ0) is 14.3. The fraction of sp³-hybridized carbons (Fsp3) is 0.529. The van der Waals surface area contributed by atoms with Gasteiger partial charge in [0, 0.05) is 5.54 Å². The molecule has 0 radical (unpaired) electrons. The summed E-state index contributed by atoms with van der Waals surface area (Å²) >= 11 is 0. The standard InChI is InChI=1S/C17H28OSi/c1-5-7-9-14-16(18)17(6-2)19(3,4)15-12-10-8-11-13-15/h6,8,10-13,16-18H,2,5,7,9,14H2,1,3-4H3/t16-,17+/m0/s1. The molecule has 0 spiro atoms. The van der Waals surface area contributed by atoms with Gasteiger partial charge in [-0.15, -0.1) is 6.58 Å². The molecule has 0 fully saturated rings. The second kappa shape index (κ2) is 7.66. The Labute approximate surface area is 119 Å². The van der Waals surface area contributed by atoms with E-state index in [-0.39, 0.29) is 11.6 Å². The summed E-state index contributed by atoms with van der Waals surface area (Å²) in [4.78, 5) is 0. The van der Waals surface area contributed by atoms with Gasteiger partial charge in [-0.3, -0.25) is 0 Å². The molecule has 19 heavy (non-hydrogen) atoms. The summed E-state index contributed by atoms with van der Waals surface area (Å²) in [6, 6.07) is 10.6. The number of hydrogen-bond donors (Lipinski definition) is 1. The van der Waals surface area contributed by atoms with Crippen LogP contribution < -0.4 is 5.19 Å². The Morgan fingerprint density at radius 2 is 1.84 bits per heavy atom. The molecule has 0 bridgehead atoms. The van der Waals surface area contributed by atoms with Gasteiger partial charge in [-0.05, 0) is 6.42 Å². The summed E-state index contributed by atoms with van der Waals surface area (Å²) in [5.41, 5.74) is 0.228. The summed E-state index contributed by atoms with van der Waals surface area (Å²) in [5.74, 6) is 0. The molecule has 0 aromatic heterocycles. The highest BCUT2D eigenvalue weighted by Crippen LogP contribution is 2.29. The van der Waals surface area contributed by atoms with E-state index in [0.717, 1.165) is 12.8 Å². The summed E-state index contributed by atoms with van der Waals surface area (Å²) in [6.45, 7) is 10.8. The Morgan fingerprint density at radius 3 is 2.37 bits per heavy atom. The van der Waals surface area contributed by atoms with Crippen LogP contribution in [-0.2, 0) is 0 Å². The predicted octanol–water partition coefficient (Wildman–Crippen LogP) is 4.10. The van der Waals surface area contributed by atoms with Gasteiger partial charge in [0.1, 0.15) is 0 Å². The minimum atomic E-state index is -1.70. The van der Waals surface area contributed by atoms with Gasteiger partial charge in [0.05, 0.1) is 14.2 Å². The third-order valence-corrected chi connectivity index (χ3v) is 8.23. The van der Waals surface area contributed by atoms with Crippen LogP contribution in [0.25, 0.3) is 0 Å². The fourth-order valence-electron chi connectivity index (χ4n) is 2.78. The van der Waals surface area contributed by atoms with E-state index >= 15 is 0 Å². The topological polar surface area (TPSA) is 20.2 Å².